The van der Waals surface area contributed by atoms with Crippen molar-refractivity contribution in [1.29, 1.82) is 0 Å². The molecule has 1 N–H and O–H groups in total. The molecular weight excluding hydrogens is 222 g/mol. The Labute approximate surface area is 111 Å². The maximum Gasteiger partial charge on any atom is 0.0700 e. The average molecular weight is 247 g/mol. The summed E-state index contributed by atoms with van der Waals surface area (Å²) in [5, 5.41) is 3.65. The summed E-state index contributed by atoms with van der Waals surface area (Å²) in [6.07, 6.45) is 5.15. The molecule has 1 unspecified atom stereocenters. The molecular formula is C16H25NO. The van der Waals surface area contributed by atoms with Gasteiger partial charge in [0.1, 0.15) is 0 Å². The van der Waals surface area contributed by atoms with Crippen LogP contribution in [0.3, 0.4) is 0 Å². The maximum absolute atomic E-state index is 5.65. The third kappa shape index (κ3) is 4.43. The molecule has 100 valence electrons. The average Bonchev–Trinajstić information content (AvgIpc) is 2.89. The Morgan fingerprint density at radius 1 is 1.28 bits per heavy atom. The molecule has 0 aromatic heterocycles. The van der Waals surface area contributed by atoms with Crippen LogP contribution in [-0.4, -0.2) is 24.8 Å². The van der Waals surface area contributed by atoms with Gasteiger partial charge in [-0.1, -0.05) is 30.3 Å². The lowest BCUT2D eigenvalue weighted by atomic mass is 9.95. The van der Waals surface area contributed by atoms with Gasteiger partial charge in [-0.3, -0.25) is 0 Å². The van der Waals surface area contributed by atoms with E-state index in [1.807, 2.05) is 0 Å². The molecule has 1 aliphatic heterocycles. The minimum absolute atomic E-state index is 0.182. The zero-order valence-electron chi connectivity index (χ0n) is 11.6. The van der Waals surface area contributed by atoms with Crippen LogP contribution in [0, 0.1) is 0 Å². The Hall–Kier alpha value is -0.860. The highest BCUT2D eigenvalue weighted by molar-refractivity contribution is 5.15. The number of aryl methyl sites for hydroxylation is 1. The zero-order valence-corrected chi connectivity index (χ0v) is 11.6. The molecule has 0 aliphatic carbocycles. The molecule has 1 aromatic rings. The molecule has 1 heterocycles. The number of benzene rings is 1. The van der Waals surface area contributed by atoms with Crippen LogP contribution in [0.1, 0.15) is 38.7 Å². The molecule has 1 aromatic carbocycles. The standard InChI is InChI=1S/C16H25NO/c1-16(2,17-13-15-9-6-12-18-15)11-10-14-7-4-3-5-8-14/h3-5,7-8,15,17H,6,9-13H2,1-2H3. The lowest BCUT2D eigenvalue weighted by Crippen LogP contribution is -2.43. The van der Waals surface area contributed by atoms with E-state index in [0.717, 1.165) is 26.0 Å². The van der Waals surface area contributed by atoms with Crippen molar-refractivity contribution in [3.05, 3.63) is 35.9 Å². The molecule has 0 saturated carbocycles. The van der Waals surface area contributed by atoms with Crippen LogP contribution in [0.15, 0.2) is 30.3 Å². The van der Waals surface area contributed by atoms with Gasteiger partial charge >= 0.3 is 0 Å². The van der Waals surface area contributed by atoms with Gasteiger partial charge in [-0.15, -0.1) is 0 Å². The van der Waals surface area contributed by atoms with Crippen molar-refractivity contribution in [2.75, 3.05) is 13.2 Å². The Morgan fingerprint density at radius 2 is 2.06 bits per heavy atom. The van der Waals surface area contributed by atoms with E-state index in [1.165, 1.54) is 18.4 Å². The van der Waals surface area contributed by atoms with E-state index in [9.17, 15) is 0 Å². The fourth-order valence-corrected chi connectivity index (χ4v) is 2.39. The second-order valence-electron chi connectivity index (χ2n) is 5.89. The number of hydrogen-bond acceptors (Lipinski definition) is 2. The smallest absolute Gasteiger partial charge is 0.0700 e. The van der Waals surface area contributed by atoms with Crippen LogP contribution >= 0.6 is 0 Å². The molecule has 0 radical (unpaired) electrons. The van der Waals surface area contributed by atoms with E-state index in [4.69, 9.17) is 4.74 Å². The minimum atomic E-state index is 0.182. The molecule has 2 rings (SSSR count). The van der Waals surface area contributed by atoms with Gasteiger partial charge in [-0.25, -0.2) is 0 Å². The lowest BCUT2D eigenvalue weighted by Gasteiger charge is -2.28. The molecule has 18 heavy (non-hydrogen) atoms. The molecule has 0 amide bonds. The Bertz CT molecular complexity index is 341. The highest BCUT2D eigenvalue weighted by Crippen LogP contribution is 2.16. The maximum atomic E-state index is 5.65. The van der Waals surface area contributed by atoms with Gasteiger partial charge in [0.15, 0.2) is 0 Å². The fourth-order valence-electron chi connectivity index (χ4n) is 2.39. The highest BCUT2D eigenvalue weighted by atomic mass is 16.5. The first-order valence-electron chi connectivity index (χ1n) is 7.06. The van der Waals surface area contributed by atoms with Crippen LogP contribution in [0.25, 0.3) is 0 Å². The predicted molar refractivity (Wildman–Crippen MR) is 75.8 cm³/mol. The Balaban J connectivity index is 1.72. The summed E-state index contributed by atoms with van der Waals surface area (Å²) >= 11 is 0. The third-order valence-corrected chi connectivity index (χ3v) is 3.71. The van der Waals surface area contributed by atoms with Crippen LogP contribution in [-0.2, 0) is 11.2 Å². The van der Waals surface area contributed by atoms with Crippen molar-refractivity contribution in [3.63, 3.8) is 0 Å². The number of nitrogens with one attached hydrogen (secondary N) is 1. The summed E-state index contributed by atoms with van der Waals surface area (Å²) in [6, 6.07) is 10.7. The number of rotatable bonds is 6. The van der Waals surface area contributed by atoms with Crippen molar-refractivity contribution in [1.82, 2.24) is 5.32 Å². The first-order valence-corrected chi connectivity index (χ1v) is 7.06. The SMILES string of the molecule is CC(C)(CCc1ccccc1)NCC1CCCO1. The molecule has 2 nitrogen and oxygen atoms in total. The van der Waals surface area contributed by atoms with Crippen molar-refractivity contribution in [2.45, 2.75) is 51.2 Å². The molecule has 0 bridgehead atoms. The zero-order chi connectivity index (χ0) is 12.8. The highest BCUT2D eigenvalue weighted by Gasteiger charge is 2.21. The van der Waals surface area contributed by atoms with E-state index in [0.29, 0.717) is 6.10 Å². The summed E-state index contributed by atoms with van der Waals surface area (Å²) in [5.41, 5.74) is 1.60. The van der Waals surface area contributed by atoms with Crippen LogP contribution in [0.5, 0.6) is 0 Å². The summed E-state index contributed by atoms with van der Waals surface area (Å²) in [6.45, 7) is 6.49. The van der Waals surface area contributed by atoms with Crippen molar-refractivity contribution >= 4 is 0 Å². The molecule has 1 atom stereocenters. The Kier molecular flexibility index (Phi) is 4.79. The quantitative estimate of drug-likeness (QED) is 0.833. The third-order valence-electron chi connectivity index (χ3n) is 3.71. The number of hydrogen-bond donors (Lipinski definition) is 1. The monoisotopic (exact) mass is 247 g/mol. The largest absolute Gasteiger partial charge is 0.377 e. The minimum Gasteiger partial charge on any atom is -0.377 e. The predicted octanol–water partition coefficient (Wildman–Crippen LogP) is 3.17. The van der Waals surface area contributed by atoms with E-state index in [2.05, 4.69) is 49.5 Å². The molecule has 1 aliphatic rings. The molecule has 0 spiro atoms. The van der Waals surface area contributed by atoms with Gasteiger partial charge in [0.25, 0.3) is 0 Å². The molecule has 2 heteroatoms. The second-order valence-corrected chi connectivity index (χ2v) is 5.89. The van der Waals surface area contributed by atoms with E-state index < -0.39 is 0 Å². The Morgan fingerprint density at radius 3 is 2.72 bits per heavy atom. The summed E-state index contributed by atoms with van der Waals surface area (Å²) < 4.78 is 5.65. The van der Waals surface area contributed by atoms with Crippen molar-refractivity contribution in [3.8, 4) is 0 Å². The topological polar surface area (TPSA) is 21.3 Å². The van der Waals surface area contributed by atoms with Crippen molar-refractivity contribution in [2.24, 2.45) is 0 Å². The van der Waals surface area contributed by atoms with E-state index >= 15 is 0 Å². The van der Waals surface area contributed by atoms with Gasteiger partial charge in [0, 0.05) is 18.7 Å². The summed E-state index contributed by atoms with van der Waals surface area (Å²) in [4.78, 5) is 0. The van der Waals surface area contributed by atoms with Crippen molar-refractivity contribution < 1.29 is 4.74 Å². The van der Waals surface area contributed by atoms with E-state index in [1.54, 1.807) is 0 Å². The fraction of sp³-hybridized carbons (Fsp3) is 0.625. The molecule has 1 fully saturated rings. The van der Waals surface area contributed by atoms with Crippen LogP contribution < -0.4 is 5.32 Å². The second kappa shape index (κ2) is 6.35. The van der Waals surface area contributed by atoms with E-state index in [-0.39, 0.29) is 5.54 Å². The normalized spacial score (nSPS) is 20.2. The molecule has 1 saturated heterocycles. The number of ether oxygens (including phenoxy) is 1. The summed E-state index contributed by atoms with van der Waals surface area (Å²) in [7, 11) is 0. The first-order chi connectivity index (χ1) is 8.66. The van der Waals surface area contributed by atoms with Gasteiger partial charge in [-0.05, 0) is 45.1 Å². The van der Waals surface area contributed by atoms with Gasteiger partial charge in [0.2, 0.25) is 0 Å². The lowest BCUT2D eigenvalue weighted by molar-refractivity contribution is 0.102. The van der Waals surface area contributed by atoms with Gasteiger partial charge in [-0.2, -0.15) is 0 Å². The first kappa shape index (κ1) is 13.6. The summed E-state index contributed by atoms with van der Waals surface area (Å²) in [5.74, 6) is 0. The van der Waals surface area contributed by atoms with Crippen LogP contribution in [0.4, 0.5) is 0 Å². The van der Waals surface area contributed by atoms with Gasteiger partial charge in [0.05, 0.1) is 6.10 Å². The van der Waals surface area contributed by atoms with Crippen LogP contribution in [0.2, 0.25) is 0 Å². The van der Waals surface area contributed by atoms with Gasteiger partial charge < -0.3 is 10.1 Å².